The molecule has 1 aromatic rings. The van der Waals surface area contributed by atoms with Gasteiger partial charge in [-0.15, -0.1) is 0 Å². The maximum atomic E-state index is 6.10. The molecule has 0 spiro atoms. The van der Waals surface area contributed by atoms with Crippen LogP contribution < -0.4 is 10.5 Å². The fourth-order valence-corrected chi connectivity index (χ4v) is 1.60. The van der Waals surface area contributed by atoms with Crippen LogP contribution in [-0.4, -0.2) is 13.2 Å². The molecule has 1 aromatic carbocycles. The van der Waals surface area contributed by atoms with E-state index in [2.05, 4.69) is 19.6 Å². The van der Waals surface area contributed by atoms with E-state index in [4.69, 9.17) is 16.3 Å². The van der Waals surface area contributed by atoms with Crippen LogP contribution >= 0.6 is 11.6 Å². The molecule has 1 rings (SSSR count). The SMILES string of the molecule is Cc1cc(OCC[NH3+])c(C(C)C)cc1Cl. The molecule has 84 valence electrons. The molecular formula is C12H19ClNO+. The zero-order valence-electron chi connectivity index (χ0n) is 9.64. The first-order valence-corrected chi connectivity index (χ1v) is 5.66. The normalized spacial score (nSPS) is 10.8. The van der Waals surface area contributed by atoms with E-state index in [0.29, 0.717) is 12.5 Å². The van der Waals surface area contributed by atoms with Gasteiger partial charge in [0.1, 0.15) is 18.9 Å². The Labute approximate surface area is 96.4 Å². The Morgan fingerprint density at radius 3 is 2.60 bits per heavy atom. The Hall–Kier alpha value is -0.730. The summed E-state index contributed by atoms with van der Waals surface area (Å²) in [6, 6.07) is 4.01. The van der Waals surface area contributed by atoms with E-state index in [1.165, 1.54) is 5.56 Å². The summed E-state index contributed by atoms with van der Waals surface area (Å²) in [7, 11) is 0. The lowest BCUT2D eigenvalue weighted by atomic mass is 10.0. The van der Waals surface area contributed by atoms with Crippen LogP contribution in [0, 0.1) is 6.92 Å². The number of hydrogen-bond acceptors (Lipinski definition) is 1. The maximum absolute atomic E-state index is 6.10. The second-order valence-electron chi connectivity index (χ2n) is 4.00. The van der Waals surface area contributed by atoms with Gasteiger partial charge in [0.25, 0.3) is 0 Å². The number of aryl methyl sites for hydroxylation is 1. The van der Waals surface area contributed by atoms with Crippen LogP contribution in [0.3, 0.4) is 0 Å². The summed E-state index contributed by atoms with van der Waals surface area (Å²) in [5.74, 6) is 1.36. The monoisotopic (exact) mass is 228 g/mol. The molecule has 0 unspecified atom stereocenters. The van der Waals surface area contributed by atoms with Gasteiger partial charge in [-0.3, -0.25) is 0 Å². The quantitative estimate of drug-likeness (QED) is 0.844. The van der Waals surface area contributed by atoms with Gasteiger partial charge in [-0.1, -0.05) is 25.4 Å². The average Bonchev–Trinajstić information content (AvgIpc) is 2.19. The Morgan fingerprint density at radius 2 is 2.07 bits per heavy atom. The fraction of sp³-hybridized carbons (Fsp3) is 0.500. The van der Waals surface area contributed by atoms with Crippen molar-refractivity contribution in [3.8, 4) is 5.75 Å². The number of quaternary nitrogens is 1. The molecule has 0 atom stereocenters. The summed E-state index contributed by atoms with van der Waals surface area (Å²) in [4.78, 5) is 0. The first-order chi connectivity index (χ1) is 7.06. The molecule has 3 heteroatoms. The van der Waals surface area contributed by atoms with Crippen LogP contribution in [0.1, 0.15) is 30.9 Å². The van der Waals surface area contributed by atoms with E-state index in [1.54, 1.807) is 0 Å². The van der Waals surface area contributed by atoms with E-state index in [9.17, 15) is 0 Å². The van der Waals surface area contributed by atoms with Crippen molar-refractivity contribution in [1.29, 1.82) is 0 Å². The largest absolute Gasteiger partial charge is 0.487 e. The van der Waals surface area contributed by atoms with Gasteiger partial charge >= 0.3 is 0 Å². The lowest BCUT2D eigenvalue weighted by Crippen LogP contribution is -2.52. The van der Waals surface area contributed by atoms with E-state index in [-0.39, 0.29) is 0 Å². The summed E-state index contributed by atoms with van der Waals surface area (Å²) >= 11 is 6.10. The number of halogens is 1. The third-order valence-corrected chi connectivity index (χ3v) is 2.72. The molecular weight excluding hydrogens is 210 g/mol. The molecule has 3 N–H and O–H groups in total. The Morgan fingerprint density at radius 1 is 1.40 bits per heavy atom. The zero-order chi connectivity index (χ0) is 11.4. The molecule has 0 saturated heterocycles. The predicted molar refractivity (Wildman–Crippen MR) is 63.5 cm³/mol. The van der Waals surface area contributed by atoms with Gasteiger partial charge in [-0.2, -0.15) is 0 Å². The molecule has 0 saturated carbocycles. The van der Waals surface area contributed by atoms with E-state index < -0.39 is 0 Å². The molecule has 0 fully saturated rings. The van der Waals surface area contributed by atoms with Crippen molar-refractivity contribution in [3.05, 3.63) is 28.3 Å². The van der Waals surface area contributed by atoms with Gasteiger partial charge in [0, 0.05) is 5.02 Å². The lowest BCUT2D eigenvalue weighted by molar-refractivity contribution is -0.370. The second kappa shape index (κ2) is 5.38. The number of ether oxygens (including phenoxy) is 1. The lowest BCUT2D eigenvalue weighted by Gasteiger charge is -2.15. The van der Waals surface area contributed by atoms with Gasteiger partial charge < -0.3 is 10.5 Å². The van der Waals surface area contributed by atoms with Crippen LogP contribution in [0.25, 0.3) is 0 Å². The predicted octanol–water partition coefficient (Wildman–Crippen LogP) is 2.39. The molecule has 0 aliphatic carbocycles. The van der Waals surface area contributed by atoms with Gasteiger partial charge in [0.05, 0.1) is 0 Å². The van der Waals surface area contributed by atoms with Crippen LogP contribution in [0.4, 0.5) is 0 Å². The van der Waals surface area contributed by atoms with Crippen molar-refractivity contribution in [2.75, 3.05) is 13.2 Å². The topological polar surface area (TPSA) is 36.9 Å². The third-order valence-electron chi connectivity index (χ3n) is 2.31. The van der Waals surface area contributed by atoms with Crippen LogP contribution in [0.15, 0.2) is 12.1 Å². The van der Waals surface area contributed by atoms with Crippen molar-refractivity contribution in [3.63, 3.8) is 0 Å². The molecule has 2 nitrogen and oxygen atoms in total. The highest BCUT2D eigenvalue weighted by atomic mass is 35.5. The summed E-state index contributed by atoms with van der Waals surface area (Å²) in [6.07, 6.45) is 0. The van der Waals surface area contributed by atoms with Gasteiger partial charge in [-0.05, 0) is 36.1 Å². The average molecular weight is 229 g/mol. The minimum absolute atomic E-state index is 0.419. The molecule has 0 aliphatic heterocycles. The molecule has 0 aromatic heterocycles. The third kappa shape index (κ3) is 3.11. The maximum Gasteiger partial charge on any atom is 0.137 e. The Kier molecular flexibility index (Phi) is 4.43. The Balaban J connectivity index is 3.04. The standard InChI is InChI=1S/C12H18ClNO/c1-8(2)10-7-11(13)9(3)6-12(10)15-5-4-14/h6-8H,4-5,14H2,1-3H3/p+1. The molecule has 0 amide bonds. The van der Waals surface area contributed by atoms with Crippen molar-refractivity contribution >= 4 is 11.6 Å². The molecule has 0 bridgehead atoms. The van der Waals surface area contributed by atoms with Gasteiger partial charge in [0.15, 0.2) is 0 Å². The number of benzene rings is 1. The first-order valence-electron chi connectivity index (χ1n) is 5.28. The van der Waals surface area contributed by atoms with Crippen molar-refractivity contribution in [1.82, 2.24) is 0 Å². The second-order valence-corrected chi connectivity index (χ2v) is 4.40. The minimum Gasteiger partial charge on any atom is -0.487 e. The van der Waals surface area contributed by atoms with Gasteiger partial charge in [0.2, 0.25) is 0 Å². The summed E-state index contributed by atoms with van der Waals surface area (Å²) in [5.41, 5.74) is 5.99. The smallest absolute Gasteiger partial charge is 0.137 e. The number of hydrogen-bond donors (Lipinski definition) is 1. The van der Waals surface area contributed by atoms with Crippen molar-refractivity contribution in [2.45, 2.75) is 26.7 Å². The molecule has 0 aliphatic rings. The highest BCUT2D eigenvalue weighted by molar-refractivity contribution is 6.31. The first kappa shape index (κ1) is 12.3. The van der Waals surface area contributed by atoms with Crippen molar-refractivity contribution < 1.29 is 10.5 Å². The highest BCUT2D eigenvalue weighted by Gasteiger charge is 2.10. The summed E-state index contributed by atoms with van der Waals surface area (Å²) < 4.78 is 5.66. The van der Waals surface area contributed by atoms with Crippen LogP contribution in [0.5, 0.6) is 5.75 Å². The molecule has 0 heterocycles. The van der Waals surface area contributed by atoms with Crippen LogP contribution in [-0.2, 0) is 0 Å². The van der Waals surface area contributed by atoms with E-state index >= 15 is 0 Å². The van der Waals surface area contributed by atoms with Crippen molar-refractivity contribution in [2.24, 2.45) is 0 Å². The minimum atomic E-state index is 0.419. The molecule has 15 heavy (non-hydrogen) atoms. The van der Waals surface area contributed by atoms with E-state index in [0.717, 1.165) is 22.9 Å². The Bertz CT molecular complexity index is 337. The van der Waals surface area contributed by atoms with Crippen LogP contribution in [0.2, 0.25) is 5.02 Å². The number of rotatable bonds is 4. The van der Waals surface area contributed by atoms with Gasteiger partial charge in [-0.25, -0.2) is 0 Å². The van der Waals surface area contributed by atoms with E-state index in [1.807, 2.05) is 19.1 Å². The highest BCUT2D eigenvalue weighted by Crippen LogP contribution is 2.31. The molecule has 0 radical (unpaired) electrons. The zero-order valence-corrected chi connectivity index (χ0v) is 10.4. The summed E-state index contributed by atoms with van der Waals surface area (Å²) in [6.45, 7) is 7.69. The fourth-order valence-electron chi connectivity index (χ4n) is 1.43. The summed E-state index contributed by atoms with van der Waals surface area (Å²) in [5, 5.41) is 0.806.